The van der Waals surface area contributed by atoms with E-state index >= 15 is 0 Å². The lowest BCUT2D eigenvalue weighted by Gasteiger charge is -2.00. The van der Waals surface area contributed by atoms with Crippen molar-refractivity contribution in [1.82, 2.24) is 9.55 Å². The van der Waals surface area contributed by atoms with Gasteiger partial charge in [-0.25, -0.2) is 4.98 Å². The van der Waals surface area contributed by atoms with E-state index in [0.717, 1.165) is 18.7 Å². The highest BCUT2D eigenvalue weighted by molar-refractivity contribution is 5.58. The van der Waals surface area contributed by atoms with Crippen LogP contribution >= 0.6 is 0 Å². The molecule has 0 saturated carbocycles. The van der Waals surface area contributed by atoms with E-state index in [1.54, 1.807) is 0 Å². The predicted molar refractivity (Wildman–Crippen MR) is 70.7 cm³/mol. The Morgan fingerprint density at radius 3 is 2.65 bits per heavy atom. The maximum absolute atomic E-state index is 5.51. The average Bonchev–Trinajstić information content (AvgIpc) is 2.80. The molecule has 3 nitrogen and oxygen atoms in total. The summed E-state index contributed by atoms with van der Waals surface area (Å²) in [5.74, 6) is 0. The molecule has 3 heteroatoms. The van der Waals surface area contributed by atoms with Crippen LogP contribution in [0.25, 0.3) is 11.3 Å². The number of rotatable bonds is 5. The van der Waals surface area contributed by atoms with E-state index < -0.39 is 0 Å². The Bertz CT molecular complexity index is 457. The first-order valence-electron chi connectivity index (χ1n) is 6.14. The molecule has 0 aliphatic heterocycles. The van der Waals surface area contributed by atoms with Crippen LogP contribution in [-0.4, -0.2) is 16.1 Å². The van der Waals surface area contributed by atoms with E-state index in [1.165, 1.54) is 17.5 Å². The van der Waals surface area contributed by atoms with Crippen molar-refractivity contribution in [3.8, 4) is 11.3 Å². The molecule has 17 heavy (non-hydrogen) atoms. The predicted octanol–water partition coefficient (Wildman–Crippen LogP) is 2.46. The first kappa shape index (κ1) is 11.9. The molecule has 0 aliphatic carbocycles. The highest BCUT2D eigenvalue weighted by Crippen LogP contribution is 2.18. The molecule has 0 aliphatic rings. The van der Waals surface area contributed by atoms with Crippen LogP contribution < -0.4 is 5.73 Å². The summed E-state index contributed by atoms with van der Waals surface area (Å²) in [6, 6.07) is 8.64. The van der Waals surface area contributed by atoms with Gasteiger partial charge in [-0.2, -0.15) is 0 Å². The zero-order valence-corrected chi connectivity index (χ0v) is 10.3. The summed E-state index contributed by atoms with van der Waals surface area (Å²) in [7, 11) is 0. The molecule has 0 unspecified atom stereocenters. The van der Waals surface area contributed by atoms with Gasteiger partial charge in [0.05, 0.1) is 12.0 Å². The minimum Gasteiger partial charge on any atom is -0.336 e. The van der Waals surface area contributed by atoms with E-state index in [1.807, 2.05) is 17.1 Å². The molecule has 0 spiro atoms. The Kier molecular flexibility index (Phi) is 3.94. The van der Waals surface area contributed by atoms with Crippen molar-refractivity contribution in [2.24, 2.45) is 5.73 Å². The van der Waals surface area contributed by atoms with E-state index in [2.05, 4.69) is 36.2 Å². The second-order valence-electron chi connectivity index (χ2n) is 4.23. The standard InChI is InChI=1S/C14H19N3/c1-2-3-12-4-6-13(7-5-12)14-10-17(9-8-15)11-16-14/h4-7,10-11H,2-3,8-9,15H2,1H3. The lowest BCUT2D eigenvalue weighted by atomic mass is 10.1. The van der Waals surface area contributed by atoms with Gasteiger partial charge in [-0.1, -0.05) is 37.6 Å². The van der Waals surface area contributed by atoms with Crippen molar-refractivity contribution in [3.05, 3.63) is 42.4 Å². The Labute approximate surface area is 102 Å². The van der Waals surface area contributed by atoms with Crippen molar-refractivity contribution in [3.63, 3.8) is 0 Å². The number of nitrogens with zero attached hydrogens (tertiary/aromatic N) is 2. The summed E-state index contributed by atoms with van der Waals surface area (Å²) >= 11 is 0. The number of hydrogen-bond acceptors (Lipinski definition) is 2. The summed E-state index contributed by atoms with van der Waals surface area (Å²) in [5.41, 5.74) is 9.08. The number of hydrogen-bond donors (Lipinski definition) is 1. The van der Waals surface area contributed by atoms with Gasteiger partial charge >= 0.3 is 0 Å². The molecule has 0 saturated heterocycles. The zero-order valence-electron chi connectivity index (χ0n) is 10.3. The molecule has 0 bridgehead atoms. The minimum atomic E-state index is 0.644. The molecule has 0 amide bonds. The van der Waals surface area contributed by atoms with Crippen molar-refractivity contribution < 1.29 is 0 Å². The smallest absolute Gasteiger partial charge is 0.0954 e. The van der Waals surface area contributed by atoms with Crippen molar-refractivity contribution in [2.45, 2.75) is 26.3 Å². The van der Waals surface area contributed by atoms with Crippen molar-refractivity contribution >= 4 is 0 Å². The Balaban J connectivity index is 2.15. The zero-order chi connectivity index (χ0) is 12.1. The Morgan fingerprint density at radius 2 is 2.00 bits per heavy atom. The maximum Gasteiger partial charge on any atom is 0.0954 e. The van der Waals surface area contributed by atoms with Crippen LogP contribution in [0.4, 0.5) is 0 Å². The van der Waals surface area contributed by atoms with Crippen LogP contribution in [0.15, 0.2) is 36.8 Å². The molecule has 2 rings (SSSR count). The molecule has 1 aromatic heterocycles. The first-order chi connectivity index (χ1) is 8.33. The molecule has 2 aromatic rings. The van der Waals surface area contributed by atoms with E-state index in [4.69, 9.17) is 5.73 Å². The van der Waals surface area contributed by atoms with Crippen LogP contribution in [0, 0.1) is 0 Å². The summed E-state index contributed by atoms with van der Waals surface area (Å²) < 4.78 is 2.02. The highest BCUT2D eigenvalue weighted by atomic mass is 15.0. The highest BCUT2D eigenvalue weighted by Gasteiger charge is 2.01. The van der Waals surface area contributed by atoms with Crippen molar-refractivity contribution in [2.75, 3.05) is 6.54 Å². The topological polar surface area (TPSA) is 43.8 Å². The fourth-order valence-corrected chi connectivity index (χ4v) is 1.91. The lowest BCUT2D eigenvalue weighted by molar-refractivity contribution is 0.708. The van der Waals surface area contributed by atoms with Gasteiger partial charge < -0.3 is 10.3 Å². The minimum absolute atomic E-state index is 0.644. The number of aryl methyl sites for hydroxylation is 1. The number of imidazole rings is 1. The van der Waals surface area contributed by atoms with Gasteiger partial charge in [0.2, 0.25) is 0 Å². The molecule has 0 atom stereocenters. The van der Waals surface area contributed by atoms with Crippen LogP contribution in [0.3, 0.4) is 0 Å². The number of benzene rings is 1. The molecule has 0 radical (unpaired) electrons. The first-order valence-corrected chi connectivity index (χ1v) is 6.14. The van der Waals surface area contributed by atoms with E-state index in [9.17, 15) is 0 Å². The number of nitrogens with two attached hydrogens (primary N) is 1. The van der Waals surface area contributed by atoms with Crippen molar-refractivity contribution in [1.29, 1.82) is 0 Å². The Hall–Kier alpha value is -1.61. The average molecular weight is 229 g/mol. The van der Waals surface area contributed by atoms with E-state index in [-0.39, 0.29) is 0 Å². The second kappa shape index (κ2) is 5.64. The fraction of sp³-hybridized carbons (Fsp3) is 0.357. The van der Waals surface area contributed by atoms with Gasteiger partial charge in [-0.3, -0.25) is 0 Å². The quantitative estimate of drug-likeness (QED) is 0.856. The van der Waals surface area contributed by atoms with Gasteiger partial charge in [0.1, 0.15) is 0 Å². The summed E-state index contributed by atoms with van der Waals surface area (Å²) in [4.78, 5) is 4.39. The van der Waals surface area contributed by atoms with Crippen LogP contribution in [0.2, 0.25) is 0 Å². The lowest BCUT2D eigenvalue weighted by Crippen LogP contribution is -2.07. The molecule has 0 fully saturated rings. The summed E-state index contributed by atoms with van der Waals surface area (Å²) in [6.07, 6.45) is 6.20. The second-order valence-corrected chi connectivity index (χ2v) is 4.23. The van der Waals surface area contributed by atoms with Gasteiger partial charge in [-0.15, -0.1) is 0 Å². The molecular formula is C14H19N3. The van der Waals surface area contributed by atoms with Crippen LogP contribution in [0.1, 0.15) is 18.9 Å². The molecule has 1 heterocycles. The molecule has 1 aromatic carbocycles. The van der Waals surface area contributed by atoms with Gasteiger partial charge in [0.25, 0.3) is 0 Å². The normalized spacial score (nSPS) is 10.7. The SMILES string of the molecule is CCCc1ccc(-c2cn(CCN)cn2)cc1. The molecule has 90 valence electrons. The summed E-state index contributed by atoms with van der Waals surface area (Å²) in [5, 5.41) is 0. The third-order valence-electron chi connectivity index (χ3n) is 2.81. The van der Waals surface area contributed by atoms with Gasteiger partial charge in [0, 0.05) is 24.8 Å². The number of aromatic nitrogens is 2. The fourth-order valence-electron chi connectivity index (χ4n) is 1.91. The molecule has 2 N–H and O–H groups in total. The third kappa shape index (κ3) is 2.94. The van der Waals surface area contributed by atoms with Crippen LogP contribution in [-0.2, 0) is 13.0 Å². The van der Waals surface area contributed by atoms with Gasteiger partial charge in [-0.05, 0) is 12.0 Å². The van der Waals surface area contributed by atoms with Crippen LogP contribution in [0.5, 0.6) is 0 Å². The monoisotopic (exact) mass is 229 g/mol. The maximum atomic E-state index is 5.51. The van der Waals surface area contributed by atoms with E-state index in [0.29, 0.717) is 6.54 Å². The summed E-state index contributed by atoms with van der Waals surface area (Å²) in [6.45, 7) is 3.66. The van der Waals surface area contributed by atoms with Gasteiger partial charge in [0.15, 0.2) is 0 Å². The Morgan fingerprint density at radius 1 is 1.24 bits per heavy atom. The third-order valence-corrected chi connectivity index (χ3v) is 2.81. The largest absolute Gasteiger partial charge is 0.336 e. The molecular weight excluding hydrogens is 210 g/mol.